The summed E-state index contributed by atoms with van der Waals surface area (Å²) >= 11 is 0. The van der Waals surface area contributed by atoms with Crippen molar-refractivity contribution in [1.82, 2.24) is 10.6 Å². The minimum atomic E-state index is -0.0906. The molecular weight excluding hydrogens is 268 g/mol. The maximum atomic E-state index is 12.5. The Bertz CT molecular complexity index is 491. The number of hydrogen-bond donors (Lipinski definition) is 2. The maximum absolute atomic E-state index is 12.5. The van der Waals surface area contributed by atoms with E-state index in [1.807, 2.05) is 6.92 Å². The summed E-state index contributed by atoms with van der Waals surface area (Å²) in [5.74, 6) is 1.71. The Morgan fingerprint density at radius 2 is 1.90 bits per heavy atom. The number of carbonyl (C=O) groups is 1. The summed E-state index contributed by atoms with van der Waals surface area (Å²) in [6.45, 7) is 5.90. The summed E-state index contributed by atoms with van der Waals surface area (Å²) in [4.78, 5) is 12.5. The van der Waals surface area contributed by atoms with E-state index in [9.17, 15) is 4.79 Å². The first-order valence-electron chi connectivity index (χ1n) is 7.31. The van der Waals surface area contributed by atoms with Gasteiger partial charge in [0.25, 0.3) is 5.91 Å². The number of piperidine rings is 1. The van der Waals surface area contributed by atoms with Crippen LogP contribution >= 0.6 is 0 Å². The number of ether oxygens (including phenoxy) is 2. The molecule has 116 valence electrons. The first-order chi connectivity index (χ1) is 10.1. The van der Waals surface area contributed by atoms with Gasteiger partial charge in [-0.15, -0.1) is 0 Å². The van der Waals surface area contributed by atoms with Crippen molar-refractivity contribution in [3.63, 3.8) is 0 Å². The molecule has 0 aromatic heterocycles. The van der Waals surface area contributed by atoms with Crippen LogP contribution in [0.15, 0.2) is 12.1 Å². The highest BCUT2D eigenvalue weighted by molar-refractivity contribution is 5.95. The van der Waals surface area contributed by atoms with E-state index in [0.717, 1.165) is 25.1 Å². The van der Waals surface area contributed by atoms with Crippen molar-refractivity contribution in [1.29, 1.82) is 0 Å². The minimum Gasteiger partial charge on any atom is -0.496 e. The second kappa shape index (κ2) is 6.80. The normalized spacial score (nSPS) is 21.7. The SMILES string of the molecule is COc1cc(C(=O)NC2CNCCC2C)cc(OC)c1C. The number of benzene rings is 1. The Labute approximate surface area is 126 Å². The number of amides is 1. The molecule has 1 aromatic rings. The molecule has 21 heavy (non-hydrogen) atoms. The molecule has 1 saturated heterocycles. The lowest BCUT2D eigenvalue weighted by Gasteiger charge is -2.30. The molecule has 0 aliphatic carbocycles. The van der Waals surface area contributed by atoms with E-state index in [1.54, 1.807) is 26.4 Å². The van der Waals surface area contributed by atoms with Crippen molar-refractivity contribution in [3.05, 3.63) is 23.3 Å². The first-order valence-corrected chi connectivity index (χ1v) is 7.31. The highest BCUT2D eigenvalue weighted by Crippen LogP contribution is 2.29. The lowest BCUT2D eigenvalue weighted by Crippen LogP contribution is -2.50. The van der Waals surface area contributed by atoms with Gasteiger partial charge in [0.15, 0.2) is 0 Å². The van der Waals surface area contributed by atoms with Gasteiger partial charge in [0.05, 0.1) is 14.2 Å². The summed E-state index contributed by atoms with van der Waals surface area (Å²) in [5.41, 5.74) is 1.45. The fraction of sp³-hybridized carbons (Fsp3) is 0.562. The van der Waals surface area contributed by atoms with Crippen molar-refractivity contribution < 1.29 is 14.3 Å². The van der Waals surface area contributed by atoms with Crippen LogP contribution in [0.1, 0.15) is 29.3 Å². The zero-order valence-electron chi connectivity index (χ0n) is 13.2. The molecule has 1 aliphatic rings. The molecule has 0 saturated carbocycles. The predicted molar refractivity (Wildman–Crippen MR) is 82.2 cm³/mol. The standard InChI is InChI=1S/C16H24N2O3/c1-10-5-6-17-9-13(10)18-16(19)12-7-14(20-3)11(2)15(8-12)21-4/h7-8,10,13,17H,5-6,9H2,1-4H3,(H,18,19). The molecule has 0 spiro atoms. The molecule has 2 unspecified atom stereocenters. The summed E-state index contributed by atoms with van der Waals surface area (Å²) in [6, 6.07) is 3.67. The summed E-state index contributed by atoms with van der Waals surface area (Å²) in [6.07, 6.45) is 1.07. The van der Waals surface area contributed by atoms with E-state index in [1.165, 1.54) is 0 Å². The van der Waals surface area contributed by atoms with Crippen molar-refractivity contribution in [2.45, 2.75) is 26.3 Å². The second-order valence-corrected chi connectivity index (χ2v) is 5.56. The predicted octanol–water partition coefficient (Wildman–Crippen LogP) is 1.74. The van der Waals surface area contributed by atoms with Gasteiger partial charge in [0, 0.05) is 23.7 Å². The van der Waals surface area contributed by atoms with Crippen LogP contribution in [0.3, 0.4) is 0 Å². The van der Waals surface area contributed by atoms with Crippen LogP contribution in [0.4, 0.5) is 0 Å². The number of methoxy groups -OCH3 is 2. The van der Waals surface area contributed by atoms with Gasteiger partial charge in [-0.2, -0.15) is 0 Å². The van der Waals surface area contributed by atoms with Crippen LogP contribution in [-0.4, -0.2) is 39.3 Å². The second-order valence-electron chi connectivity index (χ2n) is 5.56. The minimum absolute atomic E-state index is 0.0906. The van der Waals surface area contributed by atoms with Crippen LogP contribution in [-0.2, 0) is 0 Å². The van der Waals surface area contributed by atoms with Crippen LogP contribution in [0.25, 0.3) is 0 Å². The third-order valence-electron chi connectivity index (χ3n) is 4.16. The highest BCUT2D eigenvalue weighted by atomic mass is 16.5. The van der Waals surface area contributed by atoms with Gasteiger partial charge in [0.1, 0.15) is 11.5 Å². The Morgan fingerprint density at radius 1 is 1.29 bits per heavy atom. The number of hydrogen-bond acceptors (Lipinski definition) is 4. The fourth-order valence-corrected chi connectivity index (χ4v) is 2.65. The lowest BCUT2D eigenvalue weighted by molar-refractivity contribution is 0.0914. The van der Waals surface area contributed by atoms with Crippen LogP contribution in [0.5, 0.6) is 11.5 Å². The summed E-state index contributed by atoms with van der Waals surface area (Å²) < 4.78 is 10.6. The topological polar surface area (TPSA) is 59.6 Å². The van der Waals surface area contributed by atoms with E-state index in [2.05, 4.69) is 17.6 Å². The smallest absolute Gasteiger partial charge is 0.251 e. The molecule has 1 fully saturated rings. The van der Waals surface area contributed by atoms with Crippen molar-refractivity contribution in [2.24, 2.45) is 5.92 Å². The van der Waals surface area contributed by atoms with Crippen LogP contribution < -0.4 is 20.1 Å². The van der Waals surface area contributed by atoms with E-state index in [-0.39, 0.29) is 11.9 Å². The monoisotopic (exact) mass is 292 g/mol. The van der Waals surface area contributed by atoms with Gasteiger partial charge in [-0.3, -0.25) is 4.79 Å². The van der Waals surface area contributed by atoms with Crippen LogP contribution in [0.2, 0.25) is 0 Å². The van der Waals surface area contributed by atoms with Gasteiger partial charge >= 0.3 is 0 Å². The van der Waals surface area contributed by atoms with Gasteiger partial charge in [-0.1, -0.05) is 6.92 Å². The molecule has 0 radical (unpaired) electrons. The van der Waals surface area contributed by atoms with Gasteiger partial charge in [-0.25, -0.2) is 0 Å². The average molecular weight is 292 g/mol. The Morgan fingerprint density at radius 3 is 2.43 bits per heavy atom. The molecule has 1 amide bonds. The molecule has 5 nitrogen and oxygen atoms in total. The summed E-state index contributed by atoms with van der Waals surface area (Å²) in [5, 5.41) is 6.41. The third kappa shape index (κ3) is 3.47. The zero-order valence-corrected chi connectivity index (χ0v) is 13.2. The quantitative estimate of drug-likeness (QED) is 0.887. The van der Waals surface area contributed by atoms with Gasteiger partial charge < -0.3 is 20.1 Å². The average Bonchev–Trinajstić information content (AvgIpc) is 2.49. The Hall–Kier alpha value is -1.75. The summed E-state index contributed by atoms with van der Waals surface area (Å²) in [7, 11) is 3.19. The van der Waals surface area contributed by atoms with Crippen molar-refractivity contribution >= 4 is 5.91 Å². The number of nitrogens with one attached hydrogen (secondary N) is 2. The Kier molecular flexibility index (Phi) is 5.07. The van der Waals surface area contributed by atoms with E-state index >= 15 is 0 Å². The van der Waals surface area contributed by atoms with E-state index < -0.39 is 0 Å². The fourth-order valence-electron chi connectivity index (χ4n) is 2.65. The molecule has 2 N–H and O–H groups in total. The third-order valence-corrected chi connectivity index (χ3v) is 4.16. The molecule has 2 atom stereocenters. The van der Waals surface area contributed by atoms with Crippen molar-refractivity contribution in [2.75, 3.05) is 27.3 Å². The van der Waals surface area contributed by atoms with Gasteiger partial charge in [0.2, 0.25) is 0 Å². The largest absolute Gasteiger partial charge is 0.496 e. The highest BCUT2D eigenvalue weighted by Gasteiger charge is 2.23. The molecule has 0 bridgehead atoms. The Balaban J connectivity index is 2.18. The van der Waals surface area contributed by atoms with Crippen LogP contribution in [0, 0.1) is 12.8 Å². The van der Waals surface area contributed by atoms with E-state index in [0.29, 0.717) is 23.0 Å². The van der Waals surface area contributed by atoms with Crippen molar-refractivity contribution in [3.8, 4) is 11.5 Å². The van der Waals surface area contributed by atoms with E-state index in [4.69, 9.17) is 9.47 Å². The van der Waals surface area contributed by atoms with Gasteiger partial charge in [-0.05, 0) is 37.9 Å². The lowest BCUT2D eigenvalue weighted by atomic mass is 9.94. The zero-order chi connectivity index (χ0) is 15.4. The number of carbonyl (C=O) groups excluding carboxylic acids is 1. The maximum Gasteiger partial charge on any atom is 0.251 e. The molecule has 5 heteroatoms. The molecule has 1 heterocycles. The first kappa shape index (κ1) is 15.6. The molecular formula is C16H24N2O3. The molecule has 1 aromatic carbocycles. The molecule has 1 aliphatic heterocycles. The molecule has 2 rings (SSSR count). The number of rotatable bonds is 4.